The Bertz CT molecular complexity index is 1110. The SMILES string of the molecule is N#C/C(=C/c1ccc(-c2cccc(C(F)(F)F)c2)o1)C(=O)NC1CCS(=O)(=O)C1. The topological polar surface area (TPSA) is 100 Å². The standard InChI is InChI=1S/C19H15F3N2O4S/c20-19(21,22)14-3-1-2-12(8-14)17-5-4-16(28-17)9-13(10-23)18(25)24-15-6-7-29(26,27)11-15/h1-5,8-9,15H,6-7,11H2,(H,24,25)/b13-9-. The number of sulfone groups is 1. The van der Waals surface area contributed by atoms with Crippen LogP contribution in [0.25, 0.3) is 17.4 Å². The second-order valence-electron chi connectivity index (χ2n) is 6.52. The number of furan rings is 1. The molecule has 2 heterocycles. The number of hydrogen-bond donors (Lipinski definition) is 1. The van der Waals surface area contributed by atoms with E-state index < -0.39 is 33.5 Å². The molecular formula is C19H15F3N2O4S. The van der Waals surface area contributed by atoms with Crippen LogP contribution in [0.3, 0.4) is 0 Å². The predicted molar refractivity (Wildman–Crippen MR) is 97.9 cm³/mol. The molecule has 1 atom stereocenters. The van der Waals surface area contributed by atoms with Crippen LogP contribution in [0.4, 0.5) is 13.2 Å². The van der Waals surface area contributed by atoms with Crippen molar-refractivity contribution in [2.45, 2.75) is 18.6 Å². The molecule has 0 radical (unpaired) electrons. The second kappa shape index (κ2) is 7.75. The van der Waals surface area contributed by atoms with E-state index in [1.54, 1.807) is 6.07 Å². The highest BCUT2D eigenvalue weighted by atomic mass is 32.2. The van der Waals surface area contributed by atoms with Crippen LogP contribution < -0.4 is 5.32 Å². The number of nitrogens with one attached hydrogen (secondary N) is 1. The monoisotopic (exact) mass is 424 g/mol. The summed E-state index contributed by atoms with van der Waals surface area (Å²) in [4.78, 5) is 12.2. The van der Waals surface area contributed by atoms with Crippen molar-refractivity contribution in [3.63, 3.8) is 0 Å². The third-order valence-electron chi connectivity index (χ3n) is 4.32. The van der Waals surface area contributed by atoms with Gasteiger partial charge in [0.05, 0.1) is 17.1 Å². The van der Waals surface area contributed by atoms with Gasteiger partial charge in [-0.05, 0) is 30.7 Å². The van der Waals surface area contributed by atoms with E-state index in [0.29, 0.717) is 0 Å². The van der Waals surface area contributed by atoms with Crippen molar-refractivity contribution in [2.24, 2.45) is 0 Å². The van der Waals surface area contributed by atoms with Crippen molar-refractivity contribution in [1.82, 2.24) is 5.32 Å². The Hall–Kier alpha value is -3.06. The van der Waals surface area contributed by atoms with Crippen molar-refractivity contribution < 1.29 is 30.8 Å². The number of carbonyl (C=O) groups is 1. The zero-order chi connectivity index (χ0) is 21.2. The third-order valence-corrected chi connectivity index (χ3v) is 6.09. The Labute approximate surface area is 164 Å². The lowest BCUT2D eigenvalue weighted by Crippen LogP contribution is -2.36. The molecule has 152 valence electrons. The van der Waals surface area contributed by atoms with Gasteiger partial charge in [-0.3, -0.25) is 4.79 Å². The zero-order valence-electron chi connectivity index (χ0n) is 14.9. The molecule has 1 aliphatic rings. The van der Waals surface area contributed by atoms with E-state index in [0.717, 1.165) is 18.2 Å². The average molecular weight is 424 g/mol. The molecule has 6 nitrogen and oxygen atoms in total. The van der Waals surface area contributed by atoms with Crippen molar-refractivity contribution in [1.29, 1.82) is 5.26 Å². The number of benzene rings is 1. The average Bonchev–Trinajstić information content (AvgIpc) is 3.25. The molecule has 0 bridgehead atoms. The lowest BCUT2D eigenvalue weighted by molar-refractivity contribution is -0.137. The lowest BCUT2D eigenvalue weighted by Gasteiger charge is -2.09. The molecule has 1 amide bonds. The summed E-state index contributed by atoms with van der Waals surface area (Å²) in [6, 6.07) is 8.56. The minimum atomic E-state index is -4.49. The maximum absolute atomic E-state index is 12.9. The summed E-state index contributed by atoms with van der Waals surface area (Å²) < 4.78 is 66.9. The van der Waals surface area contributed by atoms with Crippen LogP contribution in [0.5, 0.6) is 0 Å². The van der Waals surface area contributed by atoms with E-state index in [9.17, 15) is 31.6 Å². The molecule has 2 aromatic rings. The largest absolute Gasteiger partial charge is 0.457 e. The van der Waals surface area contributed by atoms with E-state index in [4.69, 9.17) is 4.42 Å². The molecule has 3 rings (SSSR count). The minimum Gasteiger partial charge on any atom is -0.457 e. The molecule has 1 aliphatic heterocycles. The maximum Gasteiger partial charge on any atom is 0.416 e. The highest BCUT2D eigenvalue weighted by molar-refractivity contribution is 7.91. The van der Waals surface area contributed by atoms with Crippen LogP contribution in [-0.4, -0.2) is 31.9 Å². The highest BCUT2D eigenvalue weighted by Crippen LogP contribution is 2.32. The summed E-state index contributed by atoms with van der Waals surface area (Å²) in [5.41, 5.74) is -0.940. The molecule has 0 spiro atoms. The summed E-state index contributed by atoms with van der Waals surface area (Å²) in [7, 11) is -3.19. The van der Waals surface area contributed by atoms with Gasteiger partial charge in [-0.1, -0.05) is 12.1 Å². The van der Waals surface area contributed by atoms with E-state index in [1.807, 2.05) is 0 Å². The number of carbonyl (C=O) groups excluding carboxylic acids is 1. The Morgan fingerprint density at radius 3 is 2.66 bits per heavy atom. The molecule has 10 heteroatoms. The quantitative estimate of drug-likeness (QED) is 0.600. The predicted octanol–water partition coefficient (Wildman–Crippen LogP) is 3.18. The van der Waals surface area contributed by atoms with Crippen LogP contribution in [0.15, 0.2) is 46.4 Å². The Kier molecular flexibility index (Phi) is 5.53. The molecule has 1 fully saturated rings. The van der Waals surface area contributed by atoms with Gasteiger partial charge in [-0.25, -0.2) is 8.42 Å². The summed E-state index contributed by atoms with van der Waals surface area (Å²) in [5, 5.41) is 11.7. The van der Waals surface area contributed by atoms with Crippen molar-refractivity contribution in [3.05, 3.63) is 53.3 Å². The van der Waals surface area contributed by atoms with Gasteiger partial charge >= 0.3 is 6.18 Å². The number of halogens is 3. The Balaban J connectivity index is 1.78. The van der Waals surface area contributed by atoms with Gasteiger partial charge in [0.2, 0.25) is 0 Å². The lowest BCUT2D eigenvalue weighted by atomic mass is 10.1. The van der Waals surface area contributed by atoms with Crippen molar-refractivity contribution in [3.8, 4) is 17.4 Å². The second-order valence-corrected chi connectivity index (χ2v) is 8.75. The normalized spacial score (nSPS) is 19.0. The number of hydrogen-bond acceptors (Lipinski definition) is 5. The van der Waals surface area contributed by atoms with Crippen LogP contribution >= 0.6 is 0 Å². The van der Waals surface area contributed by atoms with Gasteiger partial charge in [0.1, 0.15) is 23.2 Å². The Morgan fingerprint density at radius 1 is 1.28 bits per heavy atom. The molecule has 0 saturated carbocycles. The van der Waals surface area contributed by atoms with Gasteiger partial charge in [-0.2, -0.15) is 18.4 Å². The first-order valence-electron chi connectivity index (χ1n) is 8.48. The molecular weight excluding hydrogens is 409 g/mol. The highest BCUT2D eigenvalue weighted by Gasteiger charge is 2.31. The van der Waals surface area contributed by atoms with Gasteiger partial charge in [0.25, 0.3) is 5.91 Å². The van der Waals surface area contributed by atoms with Crippen molar-refractivity contribution >= 4 is 21.8 Å². The van der Waals surface area contributed by atoms with Gasteiger partial charge in [0.15, 0.2) is 9.84 Å². The number of amides is 1. The van der Waals surface area contributed by atoms with Gasteiger partial charge in [-0.15, -0.1) is 0 Å². The zero-order valence-corrected chi connectivity index (χ0v) is 15.7. The van der Waals surface area contributed by atoms with Crippen LogP contribution in [-0.2, 0) is 20.8 Å². The summed E-state index contributed by atoms with van der Waals surface area (Å²) in [6.45, 7) is 0. The molecule has 29 heavy (non-hydrogen) atoms. The van der Waals surface area contributed by atoms with Crippen LogP contribution in [0, 0.1) is 11.3 Å². The van der Waals surface area contributed by atoms with Gasteiger partial charge in [0, 0.05) is 17.7 Å². The molecule has 1 aromatic heterocycles. The maximum atomic E-state index is 12.9. The van der Waals surface area contributed by atoms with Gasteiger partial charge < -0.3 is 9.73 Å². The summed E-state index contributed by atoms with van der Waals surface area (Å²) in [5.74, 6) is -0.711. The third kappa shape index (κ3) is 5.06. The molecule has 0 aliphatic carbocycles. The summed E-state index contributed by atoms with van der Waals surface area (Å²) >= 11 is 0. The number of nitrogens with zero attached hydrogens (tertiary/aromatic N) is 1. The first-order chi connectivity index (χ1) is 13.6. The molecule has 1 saturated heterocycles. The van der Waals surface area contributed by atoms with Crippen LogP contribution in [0.1, 0.15) is 17.7 Å². The van der Waals surface area contributed by atoms with E-state index >= 15 is 0 Å². The summed E-state index contributed by atoms with van der Waals surface area (Å²) in [6.07, 6.45) is -3.08. The fraction of sp³-hybridized carbons (Fsp3) is 0.263. The molecule has 1 aromatic carbocycles. The minimum absolute atomic E-state index is 0.0257. The van der Waals surface area contributed by atoms with Crippen LogP contribution in [0.2, 0.25) is 0 Å². The van der Waals surface area contributed by atoms with E-state index in [2.05, 4.69) is 5.32 Å². The van der Waals surface area contributed by atoms with Crippen molar-refractivity contribution in [2.75, 3.05) is 11.5 Å². The fourth-order valence-corrected chi connectivity index (χ4v) is 4.57. The van der Waals surface area contributed by atoms with E-state index in [1.165, 1.54) is 24.3 Å². The van der Waals surface area contributed by atoms with E-state index in [-0.39, 0.29) is 40.6 Å². The molecule has 1 N–H and O–H groups in total. The smallest absolute Gasteiger partial charge is 0.416 e. The fourth-order valence-electron chi connectivity index (χ4n) is 2.90. The number of nitriles is 1. The Morgan fingerprint density at radius 2 is 2.03 bits per heavy atom. The first kappa shape index (κ1) is 20.7. The number of alkyl halides is 3. The first-order valence-corrected chi connectivity index (χ1v) is 10.3. The number of rotatable bonds is 4. The molecule has 1 unspecified atom stereocenters.